The van der Waals surface area contributed by atoms with Crippen molar-refractivity contribution < 1.29 is 4.79 Å². The zero-order valence-corrected chi connectivity index (χ0v) is 7.77. The Kier molecular flexibility index (Phi) is 4.59. The Balaban J connectivity index is 4.02. The Labute approximate surface area is 68.7 Å². The van der Waals surface area contributed by atoms with Crippen LogP contribution in [0.2, 0.25) is 0 Å². The van der Waals surface area contributed by atoms with E-state index in [1.54, 1.807) is 0 Å². The third-order valence-electron chi connectivity index (χ3n) is 1.44. The molecule has 2 nitrogen and oxygen atoms in total. The standard InChI is InChI=1S/C9H17NO/c1-5-8(6-2)9(11)10-7(3)4/h5,7H,6H2,1-4H3,(H,10,11)/b8-5+. The van der Waals surface area contributed by atoms with Crippen LogP contribution in [0.25, 0.3) is 0 Å². The smallest absolute Gasteiger partial charge is 0.247 e. The topological polar surface area (TPSA) is 29.1 Å². The molecular weight excluding hydrogens is 138 g/mol. The first-order valence-electron chi connectivity index (χ1n) is 4.07. The second-order valence-electron chi connectivity index (χ2n) is 2.80. The van der Waals surface area contributed by atoms with Crippen LogP contribution >= 0.6 is 0 Å². The number of hydrogen-bond donors (Lipinski definition) is 1. The summed E-state index contributed by atoms with van der Waals surface area (Å²) in [6.07, 6.45) is 2.66. The number of allylic oxidation sites excluding steroid dienone is 1. The first-order valence-corrected chi connectivity index (χ1v) is 4.07. The monoisotopic (exact) mass is 155 g/mol. The highest BCUT2D eigenvalue weighted by Gasteiger charge is 2.05. The summed E-state index contributed by atoms with van der Waals surface area (Å²) in [7, 11) is 0. The van der Waals surface area contributed by atoms with Crippen molar-refractivity contribution in [3.8, 4) is 0 Å². The maximum Gasteiger partial charge on any atom is 0.247 e. The molecule has 11 heavy (non-hydrogen) atoms. The molecule has 0 aliphatic carbocycles. The van der Waals surface area contributed by atoms with Crippen LogP contribution in [-0.2, 0) is 4.79 Å². The molecule has 0 aliphatic rings. The van der Waals surface area contributed by atoms with Crippen molar-refractivity contribution >= 4 is 5.91 Å². The van der Waals surface area contributed by atoms with Crippen molar-refractivity contribution in [2.45, 2.75) is 40.2 Å². The van der Waals surface area contributed by atoms with E-state index < -0.39 is 0 Å². The molecule has 0 aromatic carbocycles. The quantitative estimate of drug-likeness (QED) is 0.619. The molecular formula is C9H17NO. The van der Waals surface area contributed by atoms with Gasteiger partial charge in [-0.3, -0.25) is 4.79 Å². The van der Waals surface area contributed by atoms with E-state index >= 15 is 0 Å². The first-order chi connectivity index (χ1) is 5.11. The molecule has 0 saturated heterocycles. The summed E-state index contributed by atoms with van der Waals surface area (Å²) in [5, 5.41) is 2.84. The van der Waals surface area contributed by atoms with Gasteiger partial charge in [-0.1, -0.05) is 13.0 Å². The molecule has 1 N–H and O–H groups in total. The van der Waals surface area contributed by atoms with E-state index in [0.29, 0.717) is 0 Å². The summed E-state index contributed by atoms with van der Waals surface area (Å²) in [5.74, 6) is 0.0602. The van der Waals surface area contributed by atoms with E-state index in [1.165, 1.54) is 0 Å². The van der Waals surface area contributed by atoms with Gasteiger partial charge in [0.2, 0.25) is 5.91 Å². The van der Waals surface area contributed by atoms with Crippen LogP contribution in [0.4, 0.5) is 0 Å². The fourth-order valence-corrected chi connectivity index (χ4v) is 0.851. The van der Waals surface area contributed by atoms with Gasteiger partial charge < -0.3 is 5.32 Å². The van der Waals surface area contributed by atoms with Crippen molar-refractivity contribution in [1.29, 1.82) is 0 Å². The highest BCUT2D eigenvalue weighted by atomic mass is 16.1. The molecule has 0 aliphatic heterocycles. The average Bonchev–Trinajstić information content (AvgIpc) is 1.88. The van der Waals surface area contributed by atoms with Crippen LogP contribution < -0.4 is 5.32 Å². The summed E-state index contributed by atoms with van der Waals surface area (Å²) in [6, 6.07) is 0.226. The Morgan fingerprint density at radius 3 is 2.36 bits per heavy atom. The fourth-order valence-electron chi connectivity index (χ4n) is 0.851. The average molecular weight is 155 g/mol. The van der Waals surface area contributed by atoms with E-state index in [0.717, 1.165) is 12.0 Å². The highest BCUT2D eigenvalue weighted by Crippen LogP contribution is 1.99. The van der Waals surface area contributed by atoms with Crippen molar-refractivity contribution in [3.05, 3.63) is 11.6 Å². The summed E-state index contributed by atoms with van der Waals surface area (Å²) >= 11 is 0. The molecule has 0 aromatic rings. The van der Waals surface area contributed by atoms with Crippen LogP contribution in [0.15, 0.2) is 11.6 Å². The largest absolute Gasteiger partial charge is 0.350 e. The lowest BCUT2D eigenvalue weighted by atomic mass is 10.2. The molecule has 2 heteroatoms. The van der Waals surface area contributed by atoms with Crippen molar-refractivity contribution in [1.82, 2.24) is 5.32 Å². The second-order valence-corrected chi connectivity index (χ2v) is 2.80. The van der Waals surface area contributed by atoms with Crippen LogP contribution in [-0.4, -0.2) is 11.9 Å². The number of hydrogen-bond acceptors (Lipinski definition) is 1. The van der Waals surface area contributed by atoms with Gasteiger partial charge in [0, 0.05) is 11.6 Å². The zero-order chi connectivity index (χ0) is 8.85. The number of amides is 1. The number of carbonyl (C=O) groups is 1. The maximum absolute atomic E-state index is 11.2. The van der Waals surface area contributed by atoms with Gasteiger partial charge in [0.05, 0.1) is 0 Å². The third-order valence-corrected chi connectivity index (χ3v) is 1.44. The van der Waals surface area contributed by atoms with Gasteiger partial charge in [-0.25, -0.2) is 0 Å². The molecule has 0 heterocycles. The summed E-state index contributed by atoms with van der Waals surface area (Å²) in [5.41, 5.74) is 0.860. The van der Waals surface area contributed by atoms with E-state index in [-0.39, 0.29) is 11.9 Å². The van der Waals surface area contributed by atoms with Gasteiger partial charge in [-0.05, 0) is 27.2 Å². The lowest BCUT2D eigenvalue weighted by Gasteiger charge is -2.09. The predicted molar refractivity (Wildman–Crippen MR) is 47.3 cm³/mol. The maximum atomic E-state index is 11.2. The van der Waals surface area contributed by atoms with Crippen molar-refractivity contribution in [2.24, 2.45) is 0 Å². The minimum Gasteiger partial charge on any atom is -0.350 e. The molecule has 0 atom stereocenters. The van der Waals surface area contributed by atoms with Crippen LogP contribution in [0.3, 0.4) is 0 Å². The Bertz CT molecular complexity index is 159. The minimum absolute atomic E-state index is 0.0602. The van der Waals surface area contributed by atoms with Gasteiger partial charge in [0.25, 0.3) is 0 Å². The molecule has 0 unspecified atom stereocenters. The Morgan fingerprint density at radius 1 is 1.55 bits per heavy atom. The normalized spacial score (nSPS) is 11.9. The zero-order valence-electron chi connectivity index (χ0n) is 7.77. The Hall–Kier alpha value is -0.790. The molecule has 64 valence electrons. The van der Waals surface area contributed by atoms with Gasteiger partial charge in [-0.2, -0.15) is 0 Å². The lowest BCUT2D eigenvalue weighted by molar-refractivity contribution is -0.118. The molecule has 0 saturated carbocycles. The van der Waals surface area contributed by atoms with Gasteiger partial charge in [0.1, 0.15) is 0 Å². The van der Waals surface area contributed by atoms with Crippen LogP contribution in [0.1, 0.15) is 34.1 Å². The van der Waals surface area contributed by atoms with Crippen molar-refractivity contribution in [3.63, 3.8) is 0 Å². The van der Waals surface area contributed by atoms with Gasteiger partial charge in [0.15, 0.2) is 0 Å². The summed E-state index contributed by atoms with van der Waals surface area (Å²) in [6.45, 7) is 7.79. The van der Waals surface area contributed by atoms with Crippen LogP contribution in [0, 0.1) is 0 Å². The number of rotatable bonds is 3. The molecule has 0 spiro atoms. The summed E-state index contributed by atoms with van der Waals surface area (Å²) < 4.78 is 0. The van der Waals surface area contributed by atoms with E-state index in [2.05, 4.69) is 5.32 Å². The first kappa shape index (κ1) is 10.2. The fraction of sp³-hybridized carbons (Fsp3) is 0.667. The lowest BCUT2D eigenvalue weighted by Crippen LogP contribution is -2.31. The second kappa shape index (κ2) is 4.94. The summed E-state index contributed by atoms with van der Waals surface area (Å²) in [4.78, 5) is 11.2. The van der Waals surface area contributed by atoms with E-state index in [1.807, 2.05) is 33.8 Å². The highest BCUT2D eigenvalue weighted by molar-refractivity contribution is 5.93. The van der Waals surface area contributed by atoms with Crippen LogP contribution in [0.5, 0.6) is 0 Å². The molecule has 0 rings (SSSR count). The molecule has 0 radical (unpaired) electrons. The van der Waals surface area contributed by atoms with Crippen molar-refractivity contribution in [2.75, 3.05) is 0 Å². The van der Waals surface area contributed by atoms with E-state index in [9.17, 15) is 4.79 Å². The molecule has 1 amide bonds. The van der Waals surface area contributed by atoms with E-state index in [4.69, 9.17) is 0 Å². The molecule has 0 fully saturated rings. The molecule has 0 bridgehead atoms. The number of nitrogens with one attached hydrogen (secondary N) is 1. The van der Waals surface area contributed by atoms with Gasteiger partial charge in [-0.15, -0.1) is 0 Å². The number of carbonyl (C=O) groups excluding carboxylic acids is 1. The SMILES string of the molecule is C/C=C(\CC)C(=O)NC(C)C. The predicted octanol–water partition coefficient (Wildman–Crippen LogP) is 1.87. The Morgan fingerprint density at radius 2 is 2.09 bits per heavy atom. The minimum atomic E-state index is 0.0602. The third kappa shape index (κ3) is 3.81. The molecule has 0 aromatic heterocycles. The van der Waals surface area contributed by atoms with Gasteiger partial charge >= 0.3 is 0 Å².